The summed E-state index contributed by atoms with van der Waals surface area (Å²) in [6.07, 6.45) is -20.5. The smallest absolute Gasteiger partial charge is 0.416 e. The molecule has 326 valence electrons. The van der Waals surface area contributed by atoms with Crippen LogP contribution in [0.5, 0.6) is 11.8 Å². The van der Waals surface area contributed by atoms with Gasteiger partial charge >= 0.3 is 36.8 Å². The van der Waals surface area contributed by atoms with Crippen molar-refractivity contribution in [2.45, 2.75) is 64.5 Å². The van der Waals surface area contributed by atoms with E-state index >= 15 is 0 Å². The minimum atomic E-state index is -5.12. The molecule has 4 aromatic rings. The Hall–Kier alpha value is -5.96. The summed E-state index contributed by atoms with van der Waals surface area (Å²) in [5, 5.41) is 8.95. The molecular formula is C38H36F12N6O4. The molecule has 4 N–H and O–H groups in total. The van der Waals surface area contributed by atoms with Crippen molar-refractivity contribution in [2.24, 2.45) is 11.8 Å². The number of halogens is 12. The summed E-state index contributed by atoms with van der Waals surface area (Å²) in [4.78, 5) is 34.2. The number of hydrogen-bond acceptors (Lipinski definition) is 6. The molecule has 0 saturated carbocycles. The molecule has 0 aliphatic carbocycles. The SMILES string of the molecule is CC(C)[C@@H](COc1cccc(-c2cccc(OC[C@@H](NC(=O)Nc3cc(C(F)(F)F)cc(C(F)(F)F)c3)C(C)C)n2)n1)NC(=O)Nc1cc(C(F)(F)F)cc(C(F)(F)F)c1. The number of aromatic nitrogens is 2. The Morgan fingerprint density at radius 3 is 1.08 bits per heavy atom. The zero-order valence-corrected chi connectivity index (χ0v) is 31.7. The molecule has 4 amide bonds. The van der Waals surface area contributed by atoms with Gasteiger partial charge in [-0.15, -0.1) is 0 Å². The molecule has 0 radical (unpaired) electrons. The number of benzene rings is 2. The number of pyridine rings is 2. The molecule has 0 bridgehead atoms. The van der Waals surface area contributed by atoms with E-state index in [2.05, 4.69) is 20.6 Å². The fourth-order valence-electron chi connectivity index (χ4n) is 5.15. The highest BCUT2D eigenvalue weighted by Gasteiger charge is 2.38. The van der Waals surface area contributed by atoms with Gasteiger partial charge in [0.05, 0.1) is 45.7 Å². The van der Waals surface area contributed by atoms with Crippen LogP contribution in [-0.2, 0) is 24.7 Å². The molecule has 2 atom stereocenters. The van der Waals surface area contributed by atoms with Crippen molar-refractivity contribution < 1.29 is 71.7 Å². The van der Waals surface area contributed by atoms with E-state index in [0.29, 0.717) is 24.3 Å². The first-order valence-electron chi connectivity index (χ1n) is 17.6. The van der Waals surface area contributed by atoms with Crippen molar-refractivity contribution in [1.29, 1.82) is 0 Å². The second-order valence-electron chi connectivity index (χ2n) is 13.8. The predicted octanol–water partition coefficient (Wildman–Crippen LogP) is 10.7. The van der Waals surface area contributed by atoms with Crippen LogP contribution in [0.25, 0.3) is 11.4 Å². The summed E-state index contributed by atoms with van der Waals surface area (Å²) in [5.74, 6) is -0.613. The number of nitrogens with zero attached hydrogens (tertiary/aromatic N) is 2. The lowest BCUT2D eigenvalue weighted by molar-refractivity contribution is -0.144. The summed E-state index contributed by atoms with van der Waals surface area (Å²) in [5.41, 5.74) is -7.39. The Labute approximate surface area is 334 Å². The van der Waals surface area contributed by atoms with E-state index in [4.69, 9.17) is 9.47 Å². The highest BCUT2D eigenvalue weighted by Crippen LogP contribution is 2.39. The normalized spacial score (nSPS) is 13.4. The molecule has 2 aromatic heterocycles. The molecule has 10 nitrogen and oxygen atoms in total. The summed E-state index contributed by atoms with van der Waals surface area (Å²) in [6.45, 7) is 6.24. The third-order valence-corrected chi connectivity index (χ3v) is 8.46. The van der Waals surface area contributed by atoms with Crippen molar-refractivity contribution in [2.75, 3.05) is 23.8 Å². The van der Waals surface area contributed by atoms with E-state index in [-0.39, 0.29) is 60.3 Å². The molecular weight excluding hydrogens is 832 g/mol. The van der Waals surface area contributed by atoms with Crippen LogP contribution in [0.1, 0.15) is 49.9 Å². The van der Waals surface area contributed by atoms with Gasteiger partial charge < -0.3 is 30.7 Å². The molecule has 60 heavy (non-hydrogen) atoms. The maximum Gasteiger partial charge on any atom is 0.416 e. The number of nitrogens with one attached hydrogen (secondary N) is 4. The van der Waals surface area contributed by atoms with Gasteiger partial charge in [-0.3, -0.25) is 0 Å². The lowest BCUT2D eigenvalue weighted by atomic mass is 10.1. The Morgan fingerprint density at radius 1 is 0.517 bits per heavy atom. The maximum absolute atomic E-state index is 13.3. The molecule has 0 fully saturated rings. The van der Waals surface area contributed by atoms with E-state index in [0.717, 1.165) is 0 Å². The zero-order valence-electron chi connectivity index (χ0n) is 31.7. The van der Waals surface area contributed by atoms with Crippen LogP contribution < -0.4 is 30.7 Å². The first-order valence-corrected chi connectivity index (χ1v) is 17.6. The van der Waals surface area contributed by atoms with Gasteiger partial charge in [-0.2, -0.15) is 52.7 Å². The number of alkyl halides is 12. The third kappa shape index (κ3) is 13.5. The standard InChI is InChI=1S/C38H36F12N6O4/c1-19(2)29(55-33(57)51-25-13-21(35(39,40)41)11-22(14-25)36(42,43)44)17-59-31-9-5-7-27(53-31)28-8-6-10-32(54-28)60-18-30(20(3)4)56-34(58)52-26-15-23(37(45,46)47)12-24(16-26)38(48,49)50/h5-16,19-20,29-30H,17-18H2,1-4H3,(H2,51,55,57)(H2,52,56,58)/t29-,30-/m1/s1. The molecule has 0 unspecified atom stereocenters. The van der Waals surface area contributed by atoms with Gasteiger partial charge in [-0.05, 0) is 60.4 Å². The van der Waals surface area contributed by atoms with Gasteiger partial charge in [-0.25, -0.2) is 19.6 Å². The molecule has 0 aliphatic heterocycles. The second-order valence-corrected chi connectivity index (χ2v) is 13.8. The van der Waals surface area contributed by atoms with Crippen LogP contribution in [0.2, 0.25) is 0 Å². The first-order chi connectivity index (χ1) is 27.7. The molecule has 2 aromatic carbocycles. The molecule has 0 spiro atoms. The van der Waals surface area contributed by atoms with Crippen molar-refractivity contribution in [3.8, 4) is 23.1 Å². The molecule has 22 heteroatoms. The van der Waals surface area contributed by atoms with Gasteiger partial charge in [-0.1, -0.05) is 39.8 Å². The third-order valence-electron chi connectivity index (χ3n) is 8.46. The van der Waals surface area contributed by atoms with Crippen LogP contribution in [0.4, 0.5) is 73.6 Å². The van der Waals surface area contributed by atoms with Crippen molar-refractivity contribution in [3.63, 3.8) is 0 Å². The number of urea groups is 2. The number of ether oxygens (including phenoxy) is 2. The monoisotopic (exact) mass is 868 g/mol. The number of carbonyl (C=O) groups is 2. The van der Waals surface area contributed by atoms with Crippen LogP contribution in [0.15, 0.2) is 72.8 Å². The second kappa shape index (κ2) is 18.5. The average molecular weight is 869 g/mol. The average Bonchev–Trinajstić information content (AvgIpc) is 3.13. The van der Waals surface area contributed by atoms with Gasteiger partial charge in [0.15, 0.2) is 0 Å². The highest BCUT2D eigenvalue weighted by molar-refractivity contribution is 5.90. The summed E-state index contributed by atoms with van der Waals surface area (Å²) < 4.78 is 171. The van der Waals surface area contributed by atoms with E-state index < -0.39 is 82.5 Å². The Balaban J connectivity index is 1.39. The quantitative estimate of drug-likeness (QED) is 0.0992. The van der Waals surface area contributed by atoms with Gasteiger partial charge in [0.25, 0.3) is 0 Å². The van der Waals surface area contributed by atoms with E-state index in [9.17, 15) is 62.3 Å². The first kappa shape index (κ1) is 46.7. The molecule has 0 saturated heterocycles. The van der Waals surface area contributed by atoms with E-state index in [1.54, 1.807) is 52.0 Å². The van der Waals surface area contributed by atoms with Crippen LogP contribution in [0, 0.1) is 11.8 Å². The van der Waals surface area contributed by atoms with Crippen molar-refractivity contribution in [1.82, 2.24) is 20.6 Å². The highest BCUT2D eigenvalue weighted by atomic mass is 19.4. The molecule has 0 aliphatic rings. The Bertz CT molecular complexity index is 1910. The van der Waals surface area contributed by atoms with Crippen LogP contribution in [-0.4, -0.2) is 47.3 Å². The van der Waals surface area contributed by atoms with Crippen LogP contribution >= 0.6 is 0 Å². The van der Waals surface area contributed by atoms with E-state index in [1.807, 2.05) is 10.6 Å². The number of amides is 4. The predicted molar refractivity (Wildman–Crippen MR) is 193 cm³/mol. The lowest BCUT2D eigenvalue weighted by Crippen LogP contribution is -2.44. The van der Waals surface area contributed by atoms with Crippen molar-refractivity contribution in [3.05, 3.63) is 95.1 Å². The van der Waals surface area contributed by atoms with E-state index in [1.165, 1.54) is 12.1 Å². The fourth-order valence-corrected chi connectivity index (χ4v) is 5.15. The minimum Gasteiger partial charge on any atom is -0.475 e. The lowest BCUT2D eigenvalue weighted by Gasteiger charge is -2.23. The Kier molecular flexibility index (Phi) is 14.4. The maximum atomic E-state index is 13.3. The topological polar surface area (TPSA) is 126 Å². The van der Waals surface area contributed by atoms with Gasteiger partial charge in [0.2, 0.25) is 11.8 Å². The number of hydrogen-bond donors (Lipinski definition) is 4. The molecule has 4 rings (SSSR count). The number of rotatable bonds is 13. The minimum absolute atomic E-state index is 0.0411. The van der Waals surface area contributed by atoms with Crippen LogP contribution in [0.3, 0.4) is 0 Å². The molecule has 2 heterocycles. The summed E-state index contributed by atoms with van der Waals surface area (Å²) in [7, 11) is 0. The van der Waals surface area contributed by atoms with Gasteiger partial charge in [0, 0.05) is 23.5 Å². The number of carbonyl (C=O) groups excluding carboxylic acids is 2. The fraction of sp³-hybridized carbons (Fsp3) is 0.368. The van der Waals surface area contributed by atoms with Crippen molar-refractivity contribution >= 4 is 23.4 Å². The zero-order chi connectivity index (χ0) is 44.8. The number of anilines is 2. The largest absolute Gasteiger partial charge is 0.475 e. The van der Waals surface area contributed by atoms with Gasteiger partial charge in [0.1, 0.15) is 13.2 Å². The summed E-state index contributed by atoms with van der Waals surface area (Å²) >= 11 is 0. The Morgan fingerprint density at radius 2 is 0.817 bits per heavy atom. The summed E-state index contributed by atoms with van der Waals surface area (Å²) in [6, 6.07) is 6.68.